The van der Waals surface area contributed by atoms with Gasteiger partial charge in [-0.25, -0.2) is 4.79 Å². The molecule has 100 valence electrons. The summed E-state index contributed by atoms with van der Waals surface area (Å²) in [5.74, 6) is 0.370. The predicted octanol–water partition coefficient (Wildman–Crippen LogP) is 3.03. The Kier molecular flexibility index (Phi) is 3.22. The van der Waals surface area contributed by atoms with Crippen molar-refractivity contribution in [2.45, 2.75) is 17.8 Å². The number of esters is 1. The molecule has 0 spiro atoms. The van der Waals surface area contributed by atoms with E-state index in [0.717, 1.165) is 24.1 Å². The fourth-order valence-corrected chi connectivity index (χ4v) is 3.08. The van der Waals surface area contributed by atoms with Crippen LogP contribution in [0.2, 0.25) is 0 Å². The van der Waals surface area contributed by atoms with Crippen LogP contribution in [0.3, 0.4) is 0 Å². The third-order valence-electron chi connectivity index (χ3n) is 3.43. The summed E-state index contributed by atoms with van der Waals surface area (Å²) in [6.45, 7) is 0.891. The van der Waals surface area contributed by atoms with Crippen LogP contribution in [-0.2, 0) is 16.1 Å². The average molecular weight is 324 g/mol. The van der Waals surface area contributed by atoms with Crippen LogP contribution in [0.25, 0.3) is 10.9 Å². The van der Waals surface area contributed by atoms with E-state index in [4.69, 9.17) is 4.74 Å². The number of halogens is 1. The maximum Gasteiger partial charge on any atom is 0.343 e. The number of nitrogens with zero attached hydrogens (tertiary/aromatic N) is 1. The number of aromatic nitrogens is 1. The lowest BCUT2D eigenvalue weighted by atomic mass is 10.0. The van der Waals surface area contributed by atoms with Crippen LogP contribution in [-0.4, -0.2) is 24.3 Å². The molecule has 2 aromatic rings. The lowest BCUT2D eigenvalue weighted by molar-refractivity contribution is -0.142. The van der Waals surface area contributed by atoms with Crippen molar-refractivity contribution in [3.8, 4) is 5.75 Å². The molecule has 19 heavy (non-hydrogen) atoms. The van der Waals surface area contributed by atoms with Crippen LogP contribution in [0.4, 0.5) is 0 Å². The Balaban J connectivity index is 2.01. The van der Waals surface area contributed by atoms with Gasteiger partial charge < -0.3 is 14.0 Å². The Morgan fingerprint density at radius 1 is 1.53 bits per heavy atom. The van der Waals surface area contributed by atoms with Crippen LogP contribution in [0.1, 0.15) is 16.8 Å². The lowest BCUT2D eigenvalue weighted by Gasteiger charge is -2.20. The van der Waals surface area contributed by atoms with Gasteiger partial charge in [0.2, 0.25) is 0 Å². The van der Waals surface area contributed by atoms with Crippen molar-refractivity contribution in [3.63, 3.8) is 0 Å². The van der Waals surface area contributed by atoms with Crippen LogP contribution in [0.15, 0.2) is 24.4 Å². The number of alkyl halides is 1. The van der Waals surface area contributed by atoms with Gasteiger partial charge in [0, 0.05) is 23.0 Å². The highest BCUT2D eigenvalue weighted by molar-refractivity contribution is 9.09. The second-order valence-electron chi connectivity index (χ2n) is 4.55. The molecule has 4 nitrogen and oxygen atoms in total. The van der Waals surface area contributed by atoms with Gasteiger partial charge in [0.05, 0.1) is 12.6 Å². The van der Waals surface area contributed by atoms with E-state index in [1.165, 1.54) is 18.2 Å². The molecular formula is C14H14BrNO3. The molecule has 0 bridgehead atoms. The van der Waals surface area contributed by atoms with Gasteiger partial charge >= 0.3 is 5.97 Å². The SMILES string of the molecule is COC(=O)COc1cn2c3c(cccc13)C(Br)CC2. The number of carbonyl (C=O) groups excluding carboxylic acids is 1. The molecule has 0 saturated heterocycles. The van der Waals surface area contributed by atoms with Gasteiger partial charge in [0.15, 0.2) is 6.61 Å². The minimum atomic E-state index is -0.370. The molecule has 1 aliphatic heterocycles. The number of hydrogen-bond acceptors (Lipinski definition) is 3. The second-order valence-corrected chi connectivity index (χ2v) is 5.66. The Labute approximate surface area is 119 Å². The second kappa shape index (κ2) is 4.89. The molecule has 0 amide bonds. The van der Waals surface area contributed by atoms with Crippen LogP contribution in [0, 0.1) is 0 Å². The first kappa shape index (κ1) is 12.5. The molecule has 0 saturated carbocycles. The highest BCUT2D eigenvalue weighted by Gasteiger charge is 2.22. The van der Waals surface area contributed by atoms with Gasteiger partial charge in [0.25, 0.3) is 0 Å². The van der Waals surface area contributed by atoms with E-state index in [0.29, 0.717) is 4.83 Å². The van der Waals surface area contributed by atoms with Crippen LogP contribution < -0.4 is 4.74 Å². The van der Waals surface area contributed by atoms with E-state index < -0.39 is 0 Å². The first-order chi connectivity index (χ1) is 9.20. The van der Waals surface area contributed by atoms with Gasteiger partial charge in [-0.15, -0.1) is 0 Å². The quantitative estimate of drug-likeness (QED) is 0.644. The Hall–Kier alpha value is -1.49. The highest BCUT2D eigenvalue weighted by Crippen LogP contribution is 2.40. The largest absolute Gasteiger partial charge is 0.480 e. The fourth-order valence-electron chi connectivity index (χ4n) is 2.50. The molecular weight excluding hydrogens is 310 g/mol. The Bertz CT molecular complexity index is 635. The number of aryl methyl sites for hydroxylation is 1. The standard InChI is InChI=1S/C14H14BrNO3/c1-18-13(17)8-19-12-7-16-6-5-11(15)9-3-2-4-10(12)14(9)16/h2-4,7,11H,5-6,8H2,1H3. The summed E-state index contributed by atoms with van der Waals surface area (Å²) in [5, 5.41) is 1.05. The number of methoxy groups -OCH3 is 1. The summed E-state index contributed by atoms with van der Waals surface area (Å²) in [7, 11) is 1.36. The normalized spacial score (nSPS) is 17.5. The van der Waals surface area contributed by atoms with Crippen molar-refractivity contribution in [2.24, 2.45) is 0 Å². The molecule has 1 unspecified atom stereocenters. The first-order valence-electron chi connectivity index (χ1n) is 6.16. The zero-order valence-corrected chi connectivity index (χ0v) is 12.1. The van der Waals surface area contributed by atoms with E-state index in [2.05, 4.69) is 31.3 Å². The number of hydrogen-bond donors (Lipinski definition) is 0. The van der Waals surface area contributed by atoms with Gasteiger partial charge in [-0.3, -0.25) is 0 Å². The summed E-state index contributed by atoms with van der Waals surface area (Å²) in [6.07, 6.45) is 3.02. The molecule has 0 aliphatic carbocycles. The topological polar surface area (TPSA) is 40.5 Å². The van der Waals surface area contributed by atoms with Gasteiger partial charge in [-0.05, 0) is 18.1 Å². The fraction of sp³-hybridized carbons (Fsp3) is 0.357. The highest BCUT2D eigenvalue weighted by atomic mass is 79.9. The van der Waals surface area contributed by atoms with Gasteiger partial charge in [-0.1, -0.05) is 28.1 Å². The number of ether oxygens (including phenoxy) is 2. The number of carbonyl (C=O) groups is 1. The third-order valence-corrected chi connectivity index (χ3v) is 4.38. The minimum Gasteiger partial charge on any atom is -0.480 e. The zero-order valence-electron chi connectivity index (χ0n) is 10.6. The Morgan fingerprint density at radius 2 is 2.37 bits per heavy atom. The number of rotatable bonds is 3. The smallest absolute Gasteiger partial charge is 0.343 e. The van der Waals surface area contributed by atoms with E-state index in [9.17, 15) is 4.79 Å². The molecule has 2 heterocycles. The van der Waals surface area contributed by atoms with Crippen molar-refractivity contribution < 1.29 is 14.3 Å². The van der Waals surface area contributed by atoms with E-state index in [1.54, 1.807) is 0 Å². The monoisotopic (exact) mass is 323 g/mol. The molecule has 0 radical (unpaired) electrons. The van der Waals surface area contributed by atoms with Gasteiger partial charge in [0.1, 0.15) is 5.75 Å². The molecule has 0 fully saturated rings. The van der Waals surface area contributed by atoms with Crippen molar-refractivity contribution in [1.82, 2.24) is 4.57 Å². The van der Waals surface area contributed by atoms with Crippen molar-refractivity contribution in [2.75, 3.05) is 13.7 Å². The lowest BCUT2D eigenvalue weighted by Crippen LogP contribution is -2.12. The molecule has 0 N–H and O–H groups in total. The average Bonchev–Trinajstić information content (AvgIpc) is 2.80. The van der Waals surface area contributed by atoms with Crippen molar-refractivity contribution in [1.29, 1.82) is 0 Å². The summed E-state index contributed by atoms with van der Waals surface area (Å²) < 4.78 is 12.3. The van der Waals surface area contributed by atoms with Crippen LogP contribution >= 0.6 is 15.9 Å². The summed E-state index contributed by atoms with van der Waals surface area (Å²) in [6, 6.07) is 6.17. The first-order valence-corrected chi connectivity index (χ1v) is 7.07. The Morgan fingerprint density at radius 3 is 3.16 bits per heavy atom. The summed E-state index contributed by atoms with van der Waals surface area (Å²) in [4.78, 5) is 11.5. The molecule has 1 atom stereocenters. The minimum absolute atomic E-state index is 0.0580. The molecule has 3 rings (SSSR count). The van der Waals surface area contributed by atoms with E-state index in [1.807, 2.05) is 18.3 Å². The maximum absolute atomic E-state index is 11.2. The zero-order chi connectivity index (χ0) is 13.4. The predicted molar refractivity (Wildman–Crippen MR) is 75.7 cm³/mol. The number of para-hydroxylation sites is 1. The maximum atomic E-state index is 11.2. The van der Waals surface area contributed by atoms with Crippen molar-refractivity contribution in [3.05, 3.63) is 30.0 Å². The third kappa shape index (κ3) is 2.12. The van der Waals surface area contributed by atoms with E-state index >= 15 is 0 Å². The summed E-state index contributed by atoms with van der Waals surface area (Å²) >= 11 is 3.71. The molecule has 1 aromatic heterocycles. The number of benzene rings is 1. The molecule has 1 aromatic carbocycles. The molecule has 1 aliphatic rings. The molecule has 5 heteroatoms. The van der Waals surface area contributed by atoms with Crippen molar-refractivity contribution >= 4 is 32.8 Å². The van der Waals surface area contributed by atoms with E-state index in [-0.39, 0.29) is 12.6 Å². The van der Waals surface area contributed by atoms with Gasteiger partial charge in [-0.2, -0.15) is 0 Å². The van der Waals surface area contributed by atoms with Crippen LogP contribution in [0.5, 0.6) is 5.75 Å². The summed E-state index contributed by atoms with van der Waals surface area (Å²) in [5.41, 5.74) is 2.46.